The third-order valence-corrected chi connectivity index (χ3v) is 16.5. The van der Waals surface area contributed by atoms with E-state index in [1.54, 1.807) is 13.8 Å². The van der Waals surface area contributed by atoms with Crippen molar-refractivity contribution in [1.29, 1.82) is 0 Å². The van der Waals surface area contributed by atoms with Crippen molar-refractivity contribution in [2.45, 2.75) is 437 Å². The Bertz CT molecular complexity index is 1090. The molecule has 4 heteroatoms. The summed E-state index contributed by atoms with van der Waals surface area (Å²) in [5, 5.41) is 0. The predicted octanol–water partition coefficient (Wildman–Crippen LogP) is 26.6. The minimum absolute atomic E-state index is 0.307. The van der Waals surface area contributed by atoms with Crippen LogP contribution in [0.4, 0.5) is 0 Å². The molecule has 79 heavy (non-hydrogen) atoms. The van der Waals surface area contributed by atoms with E-state index in [9.17, 15) is 19.2 Å². The number of hydrogen-bond donors (Lipinski definition) is 0. The van der Waals surface area contributed by atoms with Gasteiger partial charge in [0.15, 0.2) is 0 Å². The molecule has 0 bridgehead atoms. The SMILES string of the molecule is CCCC.CCCC(CCC)C(C)=O.CCCCC(C)=O.CCCCCCC(CCCC)CCC(=O)CCCCCCCCC(C)CCCCCCCCC(=O)CCC(CCCC)CCCCCC.CCCCCCCCCC. The Morgan fingerprint density at radius 1 is 0.241 bits per heavy atom. The van der Waals surface area contributed by atoms with Gasteiger partial charge in [0, 0.05) is 38.0 Å². The van der Waals surface area contributed by atoms with Gasteiger partial charge in [0.25, 0.3) is 0 Å². The molecule has 0 radical (unpaired) electrons. The minimum Gasteiger partial charge on any atom is -0.300 e. The van der Waals surface area contributed by atoms with Gasteiger partial charge < -0.3 is 4.79 Å². The standard InChI is InChI=1S/C46H90O2.C10H22.C9H18O.C6H12O.C4H10/c1-6-10-14-26-34-43(32-12-8-3)38-40-45(47)36-28-22-18-16-20-24-30-42(5)31-25-21-17-19-23-29-37-46(48)41-39-44(33-13-9-4)35-27-15-11-7-2;1-3-5-7-9-10-8-6-4-2;1-4-6-9(7-5-2)8(3)10;1-3-4-5-6(2)7;1-3-4-2/h42-44H,6-41H2,1-5H3;3-10H2,1-2H3;9H,4-7H2,1-3H3;3-5H2,1-2H3;3-4H2,1-2H3. The van der Waals surface area contributed by atoms with Crippen molar-refractivity contribution in [3.63, 3.8) is 0 Å². The van der Waals surface area contributed by atoms with Gasteiger partial charge in [0.2, 0.25) is 0 Å². The fraction of sp³-hybridized carbons (Fsp3) is 0.947. The maximum absolute atomic E-state index is 12.5. The maximum Gasteiger partial charge on any atom is 0.132 e. The van der Waals surface area contributed by atoms with Crippen LogP contribution in [0.2, 0.25) is 0 Å². The predicted molar refractivity (Wildman–Crippen MR) is 358 cm³/mol. The lowest BCUT2D eigenvalue weighted by Gasteiger charge is -2.16. The molecule has 0 aliphatic carbocycles. The first kappa shape index (κ1) is 86.5. The Hall–Kier alpha value is -1.32. The molecule has 0 aliphatic heterocycles. The van der Waals surface area contributed by atoms with Gasteiger partial charge in [-0.1, -0.05) is 346 Å². The summed E-state index contributed by atoms with van der Waals surface area (Å²) >= 11 is 0. The number of ketones is 4. The molecule has 0 amide bonds. The number of carbonyl (C=O) groups excluding carboxylic acids is 4. The Morgan fingerprint density at radius 2 is 0.519 bits per heavy atom. The van der Waals surface area contributed by atoms with E-state index in [2.05, 4.69) is 83.1 Å². The van der Waals surface area contributed by atoms with Crippen LogP contribution in [0.15, 0.2) is 0 Å². The molecule has 0 aromatic rings. The van der Waals surface area contributed by atoms with Crippen LogP contribution in [0.3, 0.4) is 0 Å². The number of hydrogen-bond acceptors (Lipinski definition) is 4. The molecular weight excluding hydrogens is 965 g/mol. The second-order valence-electron chi connectivity index (χ2n) is 25.1. The molecule has 0 spiro atoms. The monoisotopic (exact) mass is 1120 g/mol. The lowest BCUT2D eigenvalue weighted by Crippen LogP contribution is -2.09. The fourth-order valence-corrected chi connectivity index (χ4v) is 10.6. The first-order valence-electron chi connectivity index (χ1n) is 36.3. The van der Waals surface area contributed by atoms with Crippen molar-refractivity contribution < 1.29 is 19.2 Å². The van der Waals surface area contributed by atoms with E-state index in [1.165, 1.54) is 244 Å². The molecule has 0 aromatic carbocycles. The molecule has 0 saturated heterocycles. The van der Waals surface area contributed by atoms with Gasteiger partial charge in [-0.25, -0.2) is 0 Å². The molecule has 0 aromatic heterocycles. The molecule has 0 heterocycles. The number of carbonyl (C=O) groups is 4. The highest BCUT2D eigenvalue weighted by Crippen LogP contribution is 2.25. The third-order valence-electron chi connectivity index (χ3n) is 16.5. The Balaban J connectivity index is -0.000000469. The number of Topliss-reactive ketones (excluding diaryl/α,β-unsaturated/α-hetero) is 4. The summed E-state index contributed by atoms with van der Waals surface area (Å²) < 4.78 is 0. The average Bonchev–Trinajstić information content (AvgIpc) is 3.44. The smallest absolute Gasteiger partial charge is 0.132 e. The molecule has 4 nitrogen and oxygen atoms in total. The van der Waals surface area contributed by atoms with Crippen LogP contribution in [0.5, 0.6) is 0 Å². The third kappa shape index (κ3) is 81.0. The number of unbranched alkanes of at least 4 members (excludes halogenated alkanes) is 27. The number of rotatable bonds is 56. The molecular formula is C75H152O4. The quantitative estimate of drug-likeness (QED) is 0.0569. The van der Waals surface area contributed by atoms with E-state index in [-0.39, 0.29) is 0 Å². The van der Waals surface area contributed by atoms with Crippen LogP contribution >= 0.6 is 0 Å². The molecule has 0 N–H and O–H groups in total. The lowest BCUT2D eigenvalue weighted by atomic mass is 9.89. The summed E-state index contributed by atoms with van der Waals surface area (Å²) in [6.45, 7) is 30.2. The van der Waals surface area contributed by atoms with E-state index in [4.69, 9.17) is 0 Å². The second-order valence-corrected chi connectivity index (χ2v) is 25.1. The van der Waals surface area contributed by atoms with E-state index in [0.29, 0.717) is 29.1 Å². The molecule has 0 rings (SSSR count). The summed E-state index contributed by atoms with van der Waals surface area (Å²) in [6.07, 6.45) is 66.7. The molecule has 476 valence electrons. The molecule has 0 fully saturated rings. The van der Waals surface area contributed by atoms with Crippen LogP contribution < -0.4 is 0 Å². The molecule has 0 saturated carbocycles. The van der Waals surface area contributed by atoms with Gasteiger partial charge in [-0.05, 0) is 76.5 Å². The van der Waals surface area contributed by atoms with Gasteiger partial charge in [-0.2, -0.15) is 0 Å². The van der Waals surface area contributed by atoms with Gasteiger partial charge in [0.1, 0.15) is 23.1 Å². The molecule has 2 unspecified atom stereocenters. The summed E-state index contributed by atoms with van der Waals surface area (Å²) in [5.41, 5.74) is 0. The summed E-state index contributed by atoms with van der Waals surface area (Å²) in [7, 11) is 0. The zero-order valence-electron chi connectivity index (χ0n) is 57.4. The topological polar surface area (TPSA) is 68.3 Å². The van der Waals surface area contributed by atoms with Crippen LogP contribution in [-0.4, -0.2) is 23.1 Å². The largest absolute Gasteiger partial charge is 0.300 e. The van der Waals surface area contributed by atoms with Crippen LogP contribution in [0, 0.1) is 23.7 Å². The van der Waals surface area contributed by atoms with Crippen molar-refractivity contribution in [2.24, 2.45) is 23.7 Å². The van der Waals surface area contributed by atoms with Crippen LogP contribution in [0.1, 0.15) is 437 Å². The van der Waals surface area contributed by atoms with Crippen LogP contribution in [-0.2, 0) is 19.2 Å². The van der Waals surface area contributed by atoms with Crippen molar-refractivity contribution >= 4 is 23.1 Å². The normalized spacial score (nSPS) is 12.0. The zero-order valence-corrected chi connectivity index (χ0v) is 57.4. The van der Waals surface area contributed by atoms with Crippen molar-refractivity contribution in [3.05, 3.63) is 0 Å². The second kappa shape index (κ2) is 76.7. The fourth-order valence-electron chi connectivity index (χ4n) is 10.6. The Kier molecular flexibility index (Phi) is 83.9. The van der Waals surface area contributed by atoms with E-state index in [1.807, 2.05) is 0 Å². The lowest BCUT2D eigenvalue weighted by molar-refractivity contribution is -0.121. The Labute approximate surface area is 500 Å². The summed E-state index contributed by atoms with van der Waals surface area (Å²) in [5.74, 6) is 4.50. The highest BCUT2D eigenvalue weighted by Gasteiger charge is 2.14. The van der Waals surface area contributed by atoms with Gasteiger partial charge >= 0.3 is 0 Å². The van der Waals surface area contributed by atoms with E-state index >= 15 is 0 Å². The molecule has 2 atom stereocenters. The average molecular weight is 1120 g/mol. The zero-order chi connectivity index (χ0) is 60.1. The van der Waals surface area contributed by atoms with E-state index < -0.39 is 0 Å². The maximum atomic E-state index is 12.5. The first-order valence-corrected chi connectivity index (χ1v) is 36.3. The first-order chi connectivity index (χ1) is 38.3. The highest BCUT2D eigenvalue weighted by atomic mass is 16.1. The van der Waals surface area contributed by atoms with Crippen LogP contribution in [0.25, 0.3) is 0 Å². The Morgan fingerprint density at radius 3 is 0.797 bits per heavy atom. The van der Waals surface area contributed by atoms with E-state index in [0.717, 1.165) is 114 Å². The van der Waals surface area contributed by atoms with Gasteiger partial charge in [0.05, 0.1) is 0 Å². The minimum atomic E-state index is 0.307. The van der Waals surface area contributed by atoms with Gasteiger partial charge in [-0.3, -0.25) is 14.4 Å². The van der Waals surface area contributed by atoms with Gasteiger partial charge in [-0.15, -0.1) is 0 Å². The van der Waals surface area contributed by atoms with Crippen molar-refractivity contribution in [2.75, 3.05) is 0 Å². The van der Waals surface area contributed by atoms with Crippen molar-refractivity contribution in [1.82, 2.24) is 0 Å². The molecule has 0 aliphatic rings. The highest BCUT2D eigenvalue weighted by molar-refractivity contribution is 5.79. The summed E-state index contributed by atoms with van der Waals surface area (Å²) in [6, 6.07) is 0. The summed E-state index contributed by atoms with van der Waals surface area (Å²) in [4.78, 5) is 46.1. The van der Waals surface area contributed by atoms with Crippen molar-refractivity contribution in [3.8, 4) is 0 Å².